The summed E-state index contributed by atoms with van der Waals surface area (Å²) in [7, 11) is -1.26. The molecule has 3 aromatic rings. The molecule has 0 radical (unpaired) electrons. The van der Waals surface area contributed by atoms with Crippen molar-refractivity contribution in [3.8, 4) is 11.5 Å². The van der Waals surface area contributed by atoms with E-state index in [1.54, 1.807) is 31.2 Å². The number of rotatable bonds is 13. The van der Waals surface area contributed by atoms with Gasteiger partial charge in [-0.1, -0.05) is 54.4 Å². The molecule has 0 saturated carbocycles. The second-order valence-corrected chi connectivity index (χ2v) is 11.7. The fourth-order valence-corrected chi connectivity index (χ4v) is 5.62. The highest BCUT2D eigenvalue weighted by Gasteiger charge is 2.33. The quantitative estimate of drug-likeness (QED) is 0.320. The average molecular weight is 582 g/mol. The van der Waals surface area contributed by atoms with E-state index in [0.717, 1.165) is 27.4 Å². The van der Waals surface area contributed by atoms with Crippen LogP contribution in [0.1, 0.15) is 37.0 Å². The average Bonchev–Trinajstić information content (AvgIpc) is 2.97. The maximum absolute atomic E-state index is 14.0. The van der Waals surface area contributed by atoms with Crippen molar-refractivity contribution in [2.24, 2.45) is 0 Å². The van der Waals surface area contributed by atoms with E-state index < -0.39 is 28.5 Å². The molecule has 0 heterocycles. The van der Waals surface area contributed by atoms with E-state index in [2.05, 4.69) is 5.32 Å². The molecular weight excluding hydrogens is 542 g/mol. The van der Waals surface area contributed by atoms with E-state index >= 15 is 0 Å². The number of amides is 2. The van der Waals surface area contributed by atoms with Gasteiger partial charge in [0.1, 0.15) is 12.6 Å². The highest BCUT2D eigenvalue weighted by Crippen LogP contribution is 2.34. The molecule has 0 fully saturated rings. The van der Waals surface area contributed by atoms with Gasteiger partial charge in [0.25, 0.3) is 10.0 Å². The van der Waals surface area contributed by atoms with Gasteiger partial charge in [-0.3, -0.25) is 13.9 Å². The SMILES string of the molecule is CCCNC(=O)[C@H](C)N(Cc1ccc(C)cc1)C(=O)CN(c1ccc(OC)c(OC)c1)S(=O)(=O)c1ccc(C)cc1. The minimum atomic E-state index is -4.19. The number of nitrogens with one attached hydrogen (secondary N) is 1. The van der Waals surface area contributed by atoms with E-state index in [0.29, 0.717) is 18.0 Å². The van der Waals surface area contributed by atoms with Crippen molar-refractivity contribution in [1.29, 1.82) is 0 Å². The molecular formula is C31H39N3O6S. The van der Waals surface area contributed by atoms with E-state index in [1.165, 1.54) is 37.3 Å². The molecule has 0 aromatic heterocycles. The lowest BCUT2D eigenvalue weighted by Crippen LogP contribution is -2.51. The van der Waals surface area contributed by atoms with Crippen LogP contribution in [0.4, 0.5) is 5.69 Å². The summed E-state index contributed by atoms with van der Waals surface area (Å²) in [6.45, 7) is 7.47. The number of carbonyl (C=O) groups excluding carboxylic acids is 2. The van der Waals surface area contributed by atoms with Crippen molar-refractivity contribution in [1.82, 2.24) is 10.2 Å². The van der Waals surface area contributed by atoms with Gasteiger partial charge < -0.3 is 19.7 Å². The Morgan fingerprint density at radius 3 is 2.02 bits per heavy atom. The van der Waals surface area contributed by atoms with Gasteiger partial charge in [-0.2, -0.15) is 0 Å². The Kier molecular flexibility index (Phi) is 10.8. The molecule has 0 aliphatic carbocycles. The summed E-state index contributed by atoms with van der Waals surface area (Å²) >= 11 is 0. The smallest absolute Gasteiger partial charge is 0.264 e. The van der Waals surface area contributed by atoms with Gasteiger partial charge in [0.05, 0.1) is 24.8 Å². The van der Waals surface area contributed by atoms with Crippen LogP contribution in [0, 0.1) is 13.8 Å². The minimum Gasteiger partial charge on any atom is -0.493 e. The summed E-state index contributed by atoms with van der Waals surface area (Å²) in [4.78, 5) is 28.4. The van der Waals surface area contributed by atoms with Crippen LogP contribution in [-0.2, 0) is 26.2 Å². The zero-order valence-electron chi connectivity index (χ0n) is 24.5. The molecule has 0 aliphatic rings. The summed E-state index contributed by atoms with van der Waals surface area (Å²) in [5.41, 5.74) is 2.99. The number of hydrogen-bond donors (Lipinski definition) is 1. The molecule has 0 bridgehead atoms. The zero-order chi connectivity index (χ0) is 30.2. The van der Waals surface area contributed by atoms with Gasteiger partial charge >= 0.3 is 0 Å². The van der Waals surface area contributed by atoms with E-state index in [-0.39, 0.29) is 23.0 Å². The Balaban J connectivity index is 2.07. The highest BCUT2D eigenvalue weighted by atomic mass is 32.2. The number of nitrogens with zero attached hydrogens (tertiary/aromatic N) is 2. The van der Waals surface area contributed by atoms with Gasteiger partial charge in [-0.25, -0.2) is 8.42 Å². The third-order valence-corrected chi connectivity index (χ3v) is 8.52. The maximum Gasteiger partial charge on any atom is 0.264 e. The second-order valence-electron chi connectivity index (χ2n) is 9.84. The lowest BCUT2D eigenvalue weighted by molar-refractivity contribution is -0.139. The summed E-state index contributed by atoms with van der Waals surface area (Å²) in [6, 6.07) is 17.9. The molecule has 220 valence electrons. The van der Waals surface area contributed by atoms with Crippen molar-refractivity contribution in [3.05, 3.63) is 83.4 Å². The van der Waals surface area contributed by atoms with E-state index in [1.807, 2.05) is 45.0 Å². The Bertz CT molecular complexity index is 1440. The van der Waals surface area contributed by atoms with Crippen LogP contribution in [0.3, 0.4) is 0 Å². The molecule has 3 rings (SSSR count). The molecule has 9 nitrogen and oxygen atoms in total. The van der Waals surface area contributed by atoms with E-state index in [4.69, 9.17) is 9.47 Å². The molecule has 2 amide bonds. The molecule has 10 heteroatoms. The summed E-state index contributed by atoms with van der Waals surface area (Å²) in [6.07, 6.45) is 0.742. The first-order valence-corrected chi connectivity index (χ1v) is 14.9. The van der Waals surface area contributed by atoms with E-state index in [9.17, 15) is 18.0 Å². The number of carbonyl (C=O) groups is 2. The van der Waals surface area contributed by atoms with Crippen molar-refractivity contribution >= 4 is 27.5 Å². The standard InChI is InChI=1S/C31H39N3O6S/c1-7-18-32-31(36)24(4)33(20-25-12-8-22(2)9-13-25)30(35)21-34(26-14-17-28(39-5)29(19-26)40-6)41(37,38)27-15-10-23(3)11-16-27/h8-17,19,24H,7,18,20-21H2,1-6H3,(H,32,36)/t24-/m0/s1. The number of aryl methyl sites for hydroxylation is 2. The molecule has 3 aromatic carbocycles. The largest absolute Gasteiger partial charge is 0.493 e. The first-order chi connectivity index (χ1) is 19.5. The van der Waals surface area contributed by atoms with Crippen molar-refractivity contribution in [2.45, 2.75) is 51.6 Å². The molecule has 41 heavy (non-hydrogen) atoms. The monoisotopic (exact) mass is 581 g/mol. The first kappa shape index (κ1) is 31.5. The molecule has 0 aliphatic heterocycles. The lowest BCUT2D eigenvalue weighted by Gasteiger charge is -2.32. The zero-order valence-corrected chi connectivity index (χ0v) is 25.3. The van der Waals surface area contributed by atoms with Crippen molar-refractivity contribution in [3.63, 3.8) is 0 Å². The Labute approximate surface area is 243 Å². The molecule has 0 spiro atoms. The predicted octanol–water partition coefficient (Wildman–Crippen LogP) is 4.46. The number of methoxy groups -OCH3 is 2. The number of benzene rings is 3. The van der Waals surface area contributed by atoms with Gasteiger partial charge in [-0.05, 0) is 57.0 Å². The fourth-order valence-electron chi connectivity index (χ4n) is 4.21. The third kappa shape index (κ3) is 7.79. The summed E-state index contributed by atoms with van der Waals surface area (Å²) < 4.78 is 39.8. The highest BCUT2D eigenvalue weighted by molar-refractivity contribution is 7.92. The van der Waals surface area contributed by atoms with Gasteiger partial charge in [0, 0.05) is 19.2 Å². The van der Waals surface area contributed by atoms with Crippen molar-refractivity contribution < 1.29 is 27.5 Å². The fraction of sp³-hybridized carbons (Fsp3) is 0.355. The van der Waals surface area contributed by atoms with Crippen molar-refractivity contribution in [2.75, 3.05) is 31.6 Å². The topological polar surface area (TPSA) is 105 Å². The van der Waals surface area contributed by atoms with Crippen LogP contribution < -0.4 is 19.1 Å². The third-order valence-electron chi connectivity index (χ3n) is 6.73. The molecule has 0 saturated heterocycles. The normalized spacial score (nSPS) is 11.9. The number of ether oxygens (including phenoxy) is 2. The second kappa shape index (κ2) is 14.0. The first-order valence-electron chi connectivity index (χ1n) is 13.5. The lowest BCUT2D eigenvalue weighted by atomic mass is 10.1. The van der Waals surface area contributed by atoms with Crippen LogP contribution in [0.2, 0.25) is 0 Å². The summed E-state index contributed by atoms with van der Waals surface area (Å²) in [5, 5.41) is 2.84. The number of anilines is 1. The van der Waals surface area contributed by atoms with Gasteiger partial charge in [-0.15, -0.1) is 0 Å². The Morgan fingerprint density at radius 1 is 0.878 bits per heavy atom. The Hall–Kier alpha value is -4.05. The van der Waals surface area contributed by atoms with Crippen LogP contribution in [0.5, 0.6) is 11.5 Å². The van der Waals surface area contributed by atoms with Crippen LogP contribution in [0.25, 0.3) is 0 Å². The predicted molar refractivity (Wildman–Crippen MR) is 160 cm³/mol. The maximum atomic E-state index is 14.0. The van der Waals surface area contributed by atoms with Crippen LogP contribution in [0.15, 0.2) is 71.6 Å². The van der Waals surface area contributed by atoms with Crippen LogP contribution >= 0.6 is 0 Å². The van der Waals surface area contributed by atoms with Gasteiger partial charge in [0.2, 0.25) is 11.8 Å². The molecule has 1 atom stereocenters. The minimum absolute atomic E-state index is 0.0320. The number of sulfonamides is 1. The van der Waals surface area contributed by atoms with Crippen LogP contribution in [-0.4, -0.2) is 58.5 Å². The molecule has 1 N–H and O–H groups in total. The Morgan fingerprint density at radius 2 is 1.46 bits per heavy atom. The van der Waals surface area contributed by atoms with Gasteiger partial charge in [0.15, 0.2) is 11.5 Å². The molecule has 0 unspecified atom stereocenters. The summed E-state index contributed by atoms with van der Waals surface area (Å²) in [5.74, 6) is -0.121. The number of hydrogen-bond acceptors (Lipinski definition) is 6.